The Labute approximate surface area is 108 Å². The zero-order valence-electron chi connectivity index (χ0n) is 10.5. The summed E-state index contributed by atoms with van der Waals surface area (Å²) < 4.78 is 0. The average molecular weight is 256 g/mol. The summed E-state index contributed by atoms with van der Waals surface area (Å²) in [6.45, 7) is 0.785. The maximum atomic E-state index is 12.1. The molecule has 4 heteroatoms. The first-order valence-corrected chi connectivity index (χ1v) is 8.03. The Bertz CT molecular complexity index is 246. The molecular weight excluding hydrogens is 232 g/mol. The van der Waals surface area contributed by atoms with Gasteiger partial charge in [0.25, 0.3) is 0 Å². The van der Waals surface area contributed by atoms with Gasteiger partial charge in [-0.05, 0) is 56.7 Å². The van der Waals surface area contributed by atoms with Crippen molar-refractivity contribution in [3.63, 3.8) is 0 Å². The molecular formula is C13H24N2OS. The highest BCUT2D eigenvalue weighted by atomic mass is 32.2. The predicted octanol–water partition coefficient (Wildman–Crippen LogP) is 1.76. The molecule has 2 aliphatic rings. The van der Waals surface area contributed by atoms with Gasteiger partial charge < -0.3 is 11.1 Å². The van der Waals surface area contributed by atoms with Crippen LogP contribution in [-0.4, -0.2) is 30.0 Å². The van der Waals surface area contributed by atoms with E-state index in [1.54, 1.807) is 0 Å². The van der Waals surface area contributed by atoms with Crippen molar-refractivity contribution in [3.8, 4) is 0 Å². The van der Waals surface area contributed by atoms with Gasteiger partial charge in [0.1, 0.15) is 0 Å². The normalized spacial score (nSPS) is 34.3. The quantitative estimate of drug-likeness (QED) is 0.809. The van der Waals surface area contributed by atoms with E-state index in [1.807, 2.05) is 11.8 Å². The largest absolute Gasteiger partial charge is 0.352 e. The van der Waals surface area contributed by atoms with Crippen molar-refractivity contribution in [1.29, 1.82) is 0 Å². The van der Waals surface area contributed by atoms with Crippen molar-refractivity contribution in [2.75, 3.05) is 18.1 Å². The molecule has 1 aliphatic carbocycles. The second-order valence-corrected chi connectivity index (χ2v) is 6.53. The second-order valence-electron chi connectivity index (χ2n) is 5.38. The van der Waals surface area contributed by atoms with Crippen LogP contribution in [0.3, 0.4) is 0 Å². The molecule has 1 saturated heterocycles. The van der Waals surface area contributed by atoms with Crippen LogP contribution in [0.15, 0.2) is 0 Å². The van der Waals surface area contributed by atoms with Crippen LogP contribution in [0.1, 0.15) is 38.5 Å². The number of thioether (sulfide) groups is 1. The van der Waals surface area contributed by atoms with E-state index in [0.29, 0.717) is 17.9 Å². The van der Waals surface area contributed by atoms with Crippen molar-refractivity contribution >= 4 is 17.7 Å². The van der Waals surface area contributed by atoms with Gasteiger partial charge in [-0.25, -0.2) is 0 Å². The Balaban J connectivity index is 1.72. The van der Waals surface area contributed by atoms with Crippen LogP contribution >= 0.6 is 11.8 Å². The highest BCUT2D eigenvalue weighted by Crippen LogP contribution is 2.28. The van der Waals surface area contributed by atoms with E-state index >= 15 is 0 Å². The minimum absolute atomic E-state index is 0.254. The molecule has 2 fully saturated rings. The lowest BCUT2D eigenvalue weighted by Crippen LogP contribution is -2.42. The smallest absolute Gasteiger partial charge is 0.223 e. The number of amides is 1. The first-order chi connectivity index (χ1) is 8.29. The fraction of sp³-hybridized carbons (Fsp3) is 0.923. The zero-order valence-corrected chi connectivity index (χ0v) is 11.3. The fourth-order valence-corrected chi connectivity index (χ4v) is 3.91. The van der Waals surface area contributed by atoms with E-state index < -0.39 is 0 Å². The number of carbonyl (C=O) groups is 1. The molecule has 3 nitrogen and oxygen atoms in total. The first-order valence-electron chi connectivity index (χ1n) is 6.87. The number of carbonyl (C=O) groups excluding carboxylic acids is 1. The lowest BCUT2D eigenvalue weighted by atomic mass is 9.81. The molecule has 0 bridgehead atoms. The molecule has 0 aromatic carbocycles. The SMILES string of the molecule is NCC1CCC(C(=O)NC2CCCSC2)CC1. The molecule has 0 aromatic rings. The maximum Gasteiger partial charge on any atom is 0.223 e. The van der Waals surface area contributed by atoms with Crippen LogP contribution in [0, 0.1) is 11.8 Å². The first kappa shape index (κ1) is 13.2. The average Bonchev–Trinajstić information content (AvgIpc) is 2.40. The third kappa shape index (κ3) is 3.88. The summed E-state index contributed by atoms with van der Waals surface area (Å²) in [6, 6.07) is 0.425. The molecule has 0 spiro atoms. The van der Waals surface area contributed by atoms with Gasteiger partial charge in [-0.2, -0.15) is 11.8 Å². The van der Waals surface area contributed by atoms with Gasteiger partial charge in [-0.1, -0.05) is 0 Å². The van der Waals surface area contributed by atoms with E-state index in [1.165, 1.54) is 12.2 Å². The maximum absolute atomic E-state index is 12.1. The van der Waals surface area contributed by atoms with Gasteiger partial charge in [-0.3, -0.25) is 4.79 Å². The van der Waals surface area contributed by atoms with Crippen LogP contribution in [-0.2, 0) is 4.79 Å². The molecule has 1 heterocycles. The van der Waals surface area contributed by atoms with Gasteiger partial charge in [0.2, 0.25) is 5.91 Å². The zero-order chi connectivity index (χ0) is 12.1. The summed E-state index contributed by atoms with van der Waals surface area (Å²) in [6.07, 6.45) is 6.75. The Kier molecular flexibility index (Phi) is 5.16. The number of hydrogen-bond acceptors (Lipinski definition) is 3. The number of nitrogens with one attached hydrogen (secondary N) is 1. The summed E-state index contributed by atoms with van der Waals surface area (Å²) in [7, 11) is 0. The van der Waals surface area contributed by atoms with Gasteiger partial charge in [0.05, 0.1) is 0 Å². The Hall–Kier alpha value is -0.220. The molecule has 1 saturated carbocycles. The molecule has 1 amide bonds. The highest BCUT2D eigenvalue weighted by Gasteiger charge is 2.27. The highest BCUT2D eigenvalue weighted by molar-refractivity contribution is 7.99. The summed E-state index contributed by atoms with van der Waals surface area (Å²) in [5, 5.41) is 3.23. The summed E-state index contributed by atoms with van der Waals surface area (Å²) >= 11 is 1.96. The summed E-state index contributed by atoms with van der Waals surface area (Å²) in [5.41, 5.74) is 5.67. The fourth-order valence-electron chi connectivity index (χ4n) is 2.83. The number of nitrogens with two attached hydrogens (primary N) is 1. The minimum Gasteiger partial charge on any atom is -0.352 e. The van der Waals surface area contributed by atoms with Crippen molar-refractivity contribution in [2.45, 2.75) is 44.6 Å². The van der Waals surface area contributed by atoms with Crippen LogP contribution in [0.4, 0.5) is 0 Å². The minimum atomic E-state index is 0.254. The topological polar surface area (TPSA) is 55.1 Å². The molecule has 98 valence electrons. The standard InChI is InChI=1S/C13H24N2OS/c14-8-10-3-5-11(6-4-10)13(16)15-12-2-1-7-17-9-12/h10-12H,1-9,14H2,(H,15,16). The second kappa shape index (κ2) is 6.64. The lowest BCUT2D eigenvalue weighted by Gasteiger charge is -2.29. The van der Waals surface area contributed by atoms with Crippen LogP contribution < -0.4 is 11.1 Å². The Morgan fingerprint density at radius 3 is 2.59 bits per heavy atom. The van der Waals surface area contributed by atoms with Crippen molar-refractivity contribution in [2.24, 2.45) is 17.6 Å². The van der Waals surface area contributed by atoms with Gasteiger partial charge in [0, 0.05) is 17.7 Å². The van der Waals surface area contributed by atoms with Crippen molar-refractivity contribution < 1.29 is 4.79 Å². The van der Waals surface area contributed by atoms with E-state index in [-0.39, 0.29) is 5.92 Å². The van der Waals surface area contributed by atoms with Gasteiger partial charge in [0.15, 0.2) is 0 Å². The molecule has 17 heavy (non-hydrogen) atoms. The van der Waals surface area contributed by atoms with E-state index in [9.17, 15) is 4.79 Å². The Morgan fingerprint density at radius 1 is 1.24 bits per heavy atom. The molecule has 2 rings (SSSR count). The third-order valence-corrected chi connectivity index (χ3v) is 5.27. The van der Waals surface area contributed by atoms with Crippen molar-refractivity contribution in [3.05, 3.63) is 0 Å². The van der Waals surface area contributed by atoms with Crippen molar-refractivity contribution in [1.82, 2.24) is 5.32 Å². The summed E-state index contributed by atoms with van der Waals surface area (Å²) in [5.74, 6) is 3.57. The van der Waals surface area contributed by atoms with Crippen LogP contribution in [0.25, 0.3) is 0 Å². The Morgan fingerprint density at radius 2 is 2.00 bits per heavy atom. The van der Waals surface area contributed by atoms with Crippen LogP contribution in [0.2, 0.25) is 0 Å². The van der Waals surface area contributed by atoms with E-state index in [0.717, 1.165) is 44.4 Å². The molecule has 1 unspecified atom stereocenters. The molecule has 0 aromatic heterocycles. The monoisotopic (exact) mass is 256 g/mol. The summed E-state index contributed by atoms with van der Waals surface area (Å²) in [4.78, 5) is 12.1. The number of rotatable bonds is 3. The molecule has 1 aliphatic heterocycles. The van der Waals surface area contributed by atoms with Gasteiger partial charge in [-0.15, -0.1) is 0 Å². The van der Waals surface area contributed by atoms with E-state index in [2.05, 4.69) is 5.32 Å². The molecule has 1 atom stereocenters. The molecule has 0 radical (unpaired) electrons. The predicted molar refractivity (Wildman–Crippen MR) is 73.0 cm³/mol. The molecule has 3 N–H and O–H groups in total. The lowest BCUT2D eigenvalue weighted by molar-refractivity contribution is -0.126. The van der Waals surface area contributed by atoms with Gasteiger partial charge >= 0.3 is 0 Å². The van der Waals surface area contributed by atoms with Crippen LogP contribution in [0.5, 0.6) is 0 Å². The van der Waals surface area contributed by atoms with E-state index in [4.69, 9.17) is 5.73 Å². The number of hydrogen-bond donors (Lipinski definition) is 2. The third-order valence-electron chi connectivity index (χ3n) is 4.06.